The van der Waals surface area contributed by atoms with Gasteiger partial charge in [0, 0.05) is 17.8 Å². The molecule has 0 aliphatic rings. The molecule has 0 saturated heterocycles. The second kappa shape index (κ2) is 7.30. The molecule has 0 saturated carbocycles. The maximum Gasteiger partial charge on any atom is 0.165 e. The molecule has 6 heterocycles. The van der Waals surface area contributed by atoms with Crippen LogP contribution in [-0.2, 0) is 5.41 Å². The van der Waals surface area contributed by atoms with Crippen LogP contribution in [0.15, 0.2) is 85.7 Å². The van der Waals surface area contributed by atoms with E-state index in [9.17, 15) is 0 Å². The van der Waals surface area contributed by atoms with E-state index in [2.05, 4.69) is 33.8 Å². The van der Waals surface area contributed by atoms with Crippen molar-refractivity contribution in [2.75, 3.05) is 0 Å². The molecule has 0 bridgehead atoms. The fourth-order valence-corrected chi connectivity index (χ4v) is 3.98. The SMILES string of the molecule is CC(C)(c1cccc(-n2cnc3cccnc32)n1)c1cccc(-n2cnc3cccnc32)n1. The third kappa shape index (κ3) is 3.15. The summed E-state index contributed by atoms with van der Waals surface area (Å²) in [5.74, 6) is 1.53. The Morgan fingerprint density at radius 3 is 1.55 bits per heavy atom. The van der Waals surface area contributed by atoms with Gasteiger partial charge in [0.25, 0.3) is 0 Å². The van der Waals surface area contributed by atoms with Crippen LogP contribution in [0.1, 0.15) is 25.2 Å². The van der Waals surface area contributed by atoms with E-state index in [1.807, 2.05) is 69.8 Å². The summed E-state index contributed by atoms with van der Waals surface area (Å²) in [5.41, 5.74) is 4.57. The van der Waals surface area contributed by atoms with Crippen molar-refractivity contribution >= 4 is 22.3 Å². The molecule has 6 aromatic rings. The maximum absolute atomic E-state index is 4.97. The first-order chi connectivity index (χ1) is 16.1. The zero-order valence-corrected chi connectivity index (χ0v) is 18.2. The van der Waals surface area contributed by atoms with Crippen LogP contribution < -0.4 is 0 Å². The summed E-state index contributed by atoms with van der Waals surface area (Å²) in [4.78, 5) is 27.8. The molecule has 6 rings (SSSR count). The molecule has 0 aliphatic heterocycles. The number of fused-ring (bicyclic) bond motifs is 2. The summed E-state index contributed by atoms with van der Waals surface area (Å²) in [6, 6.07) is 19.6. The average molecular weight is 432 g/mol. The number of rotatable bonds is 4. The molecule has 0 N–H and O–H groups in total. The Morgan fingerprint density at radius 2 is 1.06 bits per heavy atom. The summed E-state index contributed by atoms with van der Waals surface area (Å²) >= 11 is 0. The monoisotopic (exact) mass is 432 g/mol. The van der Waals surface area contributed by atoms with E-state index in [1.54, 1.807) is 25.0 Å². The van der Waals surface area contributed by atoms with Gasteiger partial charge in [-0.25, -0.2) is 29.9 Å². The van der Waals surface area contributed by atoms with Gasteiger partial charge < -0.3 is 0 Å². The Labute approximate surface area is 189 Å². The Balaban J connectivity index is 1.42. The number of hydrogen-bond donors (Lipinski definition) is 0. The van der Waals surface area contributed by atoms with Crippen molar-refractivity contribution in [3.63, 3.8) is 0 Å². The van der Waals surface area contributed by atoms with Crippen LogP contribution in [0.5, 0.6) is 0 Å². The van der Waals surface area contributed by atoms with Gasteiger partial charge in [-0.1, -0.05) is 12.1 Å². The average Bonchev–Trinajstić information content (AvgIpc) is 3.49. The van der Waals surface area contributed by atoms with Gasteiger partial charge in [-0.2, -0.15) is 0 Å². The van der Waals surface area contributed by atoms with Crippen LogP contribution in [0.3, 0.4) is 0 Å². The Hall–Kier alpha value is -4.46. The molecule has 0 fully saturated rings. The molecule has 33 heavy (non-hydrogen) atoms. The lowest BCUT2D eigenvalue weighted by Crippen LogP contribution is -2.23. The fraction of sp³-hybridized carbons (Fsp3) is 0.120. The molecule has 8 nitrogen and oxygen atoms in total. The van der Waals surface area contributed by atoms with E-state index in [0.717, 1.165) is 45.4 Å². The molecule has 0 aliphatic carbocycles. The van der Waals surface area contributed by atoms with E-state index in [4.69, 9.17) is 9.97 Å². The molecule has 160 valence electrons. The lowest BCUT2D eigenvalue weighted by atomic mass is 9.84. The topological polar surface area (TPSA) is 87.2 Å². The predicted molar refractivity (Wildman–Crippen MR) is 125 cm³/mol. The summed E-state index contributed by atoms with van der Waals surface area (Å²) in [6.07, 6.45) is 7.04. The van der Waals surface area contributed by atoms with Gasteiger partial charge in [-0.3, -0.25) is 9.13 Å². The van der Waals surface area contributed by atoms with Crippen molar-refractivity contribution in [2.24, 2.45) is 0 Å². The minimum atomic E-state index is -0.445. The zero-order chi connectivity index (χ0) is 22.4. The second-order valence-corrected chi connectivity index (χ2v) is 8.31. The van der Waals surface area contributed by atoms with Crippen molar-refractivity contribution in [1.29, 1.82) is 0 Å². The van der Waals surface area contributed by atoms with Gasteiger partial charge in [0.15, 0.2) is 11.3 Å². The highest BCUT2D eigenvalue weighted by molar-refractivity contribution is 5.72. The van der Waals surface area contributed by atoms with Crippen molar-refractivity contribution in [2.45, 2.75) is 19.3 Å². The zero-order valence-electron chi connectivity index (χ0n) is 18.2. The largest absolute Gasteiger partial charge is 0.267 e. The Bertz CT molecular complexity index is 1490. The smallest absolute Gasteiger partial charge is 0.165 e. The summed E-state index contributed by atoms with van der Waals surface area (Å²) in [6.45, 7) is 4.25. The minimum Gasteiger partial charge on any atom is -0.267 e. The molecule has 8 heteroatoms. The lowest BCUT2D eigenvalue weighted by molar-refractivity contribution is 0.591. The first kappa shape index (κ1) is 19.2. The van der Waals surface area contributed by atoms with Crippen LogP contribution in [-0.4, -0.2) is 39.0 Å². The van der Waals surface area contributed by atoms with Gasteiger partial charge in [-0.15, -0.1) is 0 Å². The normalized spacial score (nSPS) is 11.9. The second-order valence-electron chi connectivity index (χ2n) is 8.31. The van der Waals surface area contributed by atoms with E-state index >= 15 is 0 Å². The predicted octanol–water partition coefficient (Wildman–Crippen LogP) is 4.27. The number of nitrogens with zero attached hydrogens (tertiary/aromatic N) is 8. The Morgan fingerprint density at radius 1 is 0.576 bits per heavy atom. The van der Waals surface area contributed by atoms with Crippen LogP contribution in [0.2, 0.25) is 0 Å². The number of aromatic nitrogens is 8. The fourth-order valence-electron chi connectivity index (χ4n) is 3.98. The van der Waals surface area contributed by atoms with Crippen LogP contribution in [0.4, 0.5) is 0 Å². The minimum absolute atomic E-state index is 0.445. The van der Waals surface area contributed by atoms with Gasteiger partial charge in [0.1, 0.15) is 35.3 Å². The molecular formula is C25H20N8. The first-order valence-corrected chi connectivity index (χ1v) is 10.6. The van der Waals surface area contributed by atoms with Gasteiger partial charge in [-0.05, 0) is 62.4 Å². The highest BCUT2D eigenvalue weighted by Gasteiger charge is 2.27. The Kier molecular flexibility index (Phi) is 4.26. The van der Waals surface area contributed by atoms with Gasteiger partial charge >= 0.3 is 0 Å². The van der Waals surface area contributed by atoms with Crippen LogP contribution in [0.25, 0.3) is 34.0 Å². The quantitative estimate of drug-likeness (QED) is 0.413. The molecule has 0 atom stereocenters. The third-order valence-electron chi connectivity index (χ3n) is 5.86. The maximum atomic E-state index is 4.97. The van der Waals surface area contributed by atoms with Crippen molar-refractivity contribution in [1.82, 2.24) is 39.0 Å². The molecule has 0 spiro atoms. The molecule has 0 amide bonds. The summed E-state index contributed by atoms with van der Waals surface area (Å²) in [5, 5.41) is 0. The summed E-state index contributed by atoms with van der Waals surface area (Å²) in [7, 11) is 0. The lowest BCUT2D eigenvalue weighted by Gasteiger charge is -2.24. The number of hydrogen-bond acceptors (Lipinski definition) is 6. The molecule has 0 radical (unpaired) electrons. The van der Waals surface area contributed by atoms with Crippen molar-refractivity contribution in [3.8, 4) is 11.6 Å². The van der Waals surface area contributed by atoms with E-state index < -0.39 is 5.41 Å². The van der Waals surface area contributed by atoms with Gasteiger partial charge in [0.2, 0.25) is 0 Å². The third-order valence-corrected chi connectivity index (χ3v) is 5.86. The molecule has 0 unspecified atom stereocenters. The highest BCUT2D eigenvalue weighted by atomic mass is 15.2. The molecular weight excluding hydrogens is 412 g/mol. The van der Waals surface area contributed by atoms with E-state index in [1.165, 1.54) is 0 Å². The standard InChI is InChI=1S/C25H20N8/c1-25(2,19-9-3-11-21(30-19)32-15-28-17-7-5-13-26-23(17)32)20-10-4-12-22(31-20)33-16-29-18-8-6-14-27-24(18)33/h3-16H,1-2H3. The number of pyridine rings is 4. The molecule has 0 aromatic carbocycles. The highest BCUT2D eigenvalue weighted by Crippen LogP contribution is 2.30. The van der Waals surface area contributed by atoms with Crippen molar-refractivity contribution < 1.29 is 0 Å². The first-order valence-electron chi connectivity index (χ1n) is 10.6. The van der Waals surface area contributed by atoms with Crippen LogP contribution >= 0.6 is 0 Å². The van der Waals surface area contributed by atoms with Gasteiger partial charge in [0.05, 0.1) is 11.4 Å². The number of imidazole rings is 2. The summed E-state index contributed by atoms with van der Waals surface area (Å²) < 4.78 is 3.81. The molecule has 6 aromatic heterocycles. The van der Waals surface area contributed by atoms with E-state index in [-0.39, 0.29) is 0 Å². The van der Waals surface area contributed by atoms with Crippen molar-refractivity contribution in [3.05, 3.63) is 97.1 Å². The van der Waals surface area contributed by atoms with E-state index in [0.29, 0.717) is 0 Å². The van der Waals surface area contributed by atoms with Crippen LogP contribution in [0, 0.1) is 0 Å².